The molecule has 134 valence electrons. The van der Waals surface area contributed by atoms with Gasteiger partial charge in [0, 0.05) is 19.7 Å². The van der Waals surface area contributed by atoms with Gasteiger partial charge in [-0.3, -0.25) is 4.79 Å². The average molecular weight is 342 g/mol. The highest BCUT2D eigenvalue weighted by Crippen LogP contribution is 2.24. The van der Waals surface area contributed by atoms with Crippen LogP contribution >= 0.6 is 0 Å². The second kappa shape index (κ2) is 9.01. The zero-order valence-electron chi connectivity index (χ0n) is 15.2. The summed E-state index contributed by atoms with van der Waals surface area (Å²) in [7, 11) is 3.35. The summed E-state index contributed by atoms with van der Waals surface area (Å²) in [5, 5.41) is 0. The monoisotopic (exact) mass is 342 g/mol. The summed E-state index contributed by atoms with van der Waals surface area (Å²) in [5.41, 5.74) is 7.50. The lowest BCUT2D eigenvalue weighted by atomic mass is 10.1. The standard InChI is InChI=1S/C19H26N4O2/c1-4-5-6-7-11-25-15-10-8-9-14(12-15)16-13-17(18(24)23(2)3)22-19(20)21-16/h8-10,12-13H,4-7,11H2,1-3H3,(H2,20,21,22). The van der Waals surface area contributed by atoms with Gasteiger partial charge in [-0.1, -0.05) is 38.3 Å². The van der Waals surface area contributed by atoms with Gasteiger partial charge in [0.2, 0.25) is 5.95 Å². The molecule has 6 nitrogen and oxygen atoms in total. The molecule has 0 aliphatic heterocycles. The Morgan fingerprint density at radius 3 is 2.68 bits per heavy atom. The van der Waals surface area contributed by atoms with Crippen molar-refractivity contribution in [3.8, 4) is 17.0 Å². The Kier molecular flexibility index (Phi) is 6.74. The van der Waals surface area contributed by atoms with Crippen molar-refractivity contribution < 1.29 is 9.53 Å². The molecule has 0 aliphatic rings. The zero-order valence-corrected chi connectivity index (χ0v) is 15.2. The minimum atomic E-state index is -0.210. The van der Waals surface area contributed by atoms with Gasteiger partial charge in [0.25, 0.3) is 5.91 Å². The highest BCUT2D eigenvalue weighted by Gasteiger charge is 2.13. The largest absolute Gasteiger partial charge is 0.494 e. The fraction of sp³-hybridized carbons (Fsp3) is 0.421. The van der Waals surface area contributed by atoms with Crippen molar-refractivity contribution in [2.24, 2.45) is 0 Å². The molecule has 0 spiro atoms. The Balaban J connectivity index is 2.16. The average Bonchev–Trinajstić information content (AvgIpc) is 2.60. The molecular weight excluding hydrogens is 316 g/mol. The molecule has 0 fully saturated rings. The van der Waals surface area contributed by atoms with Gasteiger partial charge in [0.1, 0.15) is 11.4 Å². The van der Waals surface area contributed by atoms with Gasteiger partial charge >= 0.3 is 0 Å². The van der Waals surface area contributed by atoms with Gasteiger partial charge in [0.15, 0.2) is 0 Å². The fourth-order valence-electron chi connectivity index (χ4n) is 2.42. The molecule has 0 atom stereocenters. The summed E-state index contributed by atoms with van der Waals surface area (Å²) >= 11 is 0. The summed E-state index contributed by atoms with van der Waals surface area (Å²) in [5.74, 6) is 0.652. The minimum Gasteiger partial charge on any atom is -0.494 e. The predicted octanol–water partition coefficient (Wildman–Crippen LogP) is 3.39. The van der Waals surface area contributed by atoms with E-state index in [0.717, 1.165) is 17.7 Å². The number of unbranched alkanes of at least 4 members (excludes halogenated alkanes) is 3. The van der Waals surface area contributed by atoms with Gasteiger partial charge in [-0.05, 0) is 24.6 Å². The van der Waals surface area contributed by atoms with Crippen molar-refractivity contribution in [2.45, 2.75) is 32.6 Å². The van der Waals surface area contributed by atoms with Crippen molar-refractivity contribution in [3.63, 3.8) is 0 Å². The topological polar surface area (TPSA) is 81.3 Å². The molecule has 0 saturated heterocycles. The van der Waals surface area contributed by atoms with Crippen molar-refractivity contribution >= 4 is 11.9 Å². The van der Waals surface area contributed by atoms with E-state index in [-0.39, 0.29) is 17.5 Å². The van der Waals surface area contributed by atoms with Crippen LogP contribution in [-0.2, 0) is 0 Å². The highest BCUT2D eigenvalue weighted by atomic mass is 16.5. The zero-order chi connectivity index (χ0) is 18.2. The van der Waals surface area contributed by atoms with Gasteiger partial charge in [-0.2, -0.15) is 0 Å². The van der Waals surface area contributed by atoms with Crippen LogP contribution in [0.25, 0.3) is 11.3 Å². The van der Waals surface area contributed by atoms with Crippen LogP contribution in [0.1, 0.15) is 43.1 Å². The van der Waals surface area contributed by atoms with E-state index in [9.17, 15) is 4.79 Å². The van der Waals surface area contributed by atoms with Gasteiger partial charge < -0.3 is 15.4 Å². The third-order valence-corrected chi connectivity index (χ3v) is 3.77. The third-order valence-electron chi connectivity index (χ3n) is 3.77. The van der Waals surface area contributed by atoms with E-state index in [1.807, 2.05) is 24.3 Å². The summed E-state index contributed by atoms with van der Waals surface area (Å²) < 4.78 is 5.81. The number of nitrogen functional groups attached to an aromatic ring is 1. The number of aromatic nitrogens is 2. The first-order valence-corrected chi connectivity index (χ1v) is 8.60. The van der Waals surface area contributed by atoms with Crippen molar-refractivity contribution in [2.75, 3.05) is 26.4 Å². The van der Waals surface area contributed by atoms with E-state index >= 15 is 0 Å². The number of carbonyl (C=O) groups is 1. The van der Waals surface area contributed by atoms with Crippen LogP contribution in [0.2, 0.25) is 0 Å². The number of benzene rings is 1. The van der Waals surface area contributed by atoms with Gasteiger partial charge in [-0.15, -0.1) is 0 Å². The number of amides is 1. The molecular formula is C19H26N4O2. The predicted molar refractivity (Wildman–Crippen MR) is 99.5 cm³/mol. The molecule has 1 aromatic heterocycles. The molecule has 1 aromatic carbocycles. The van der Waals surface area contributed by atoms with E-state index in [1.165, 1.54) is 24.2 Å². The van der Waals surface area contributed by atoms with Crippen molar-refractivity contribution in [1.82, 2.24) is 14.9 Å². The van der Waals surface area contributed by atoms with Crippen LogP contribution in [0.15, 0.2) is 30.3 Å². The summed E-state index contributed by atoms with van der Waals surface area (Å²) in [6, 6.07) is 9.29. The van der Waals surface area contributed by atoms with Gasteiger partial charge in [-0.25, -0.2) is 9.97 Å². The van der Waals surface area contributed by atoms with Crippen LogP contribution in [0.5, 0.6) is 5.75 Å². The van der Waals surface area contributed by atoms with Crippen LogP contribution in [-0.4, -0.2) is 41.5 Å². The lowest BCUT2D eigenvalue weighted by molar-refractivity contribution is 0.0822. The maximum atomic E-state index is 12.1. The number of rotatable bonds is 8. The number of anilines is 1. The SMILES string of the molecule is CCCCCCOc1cccc(-c2cc(C(=O)N(C)C)nc(N)n2)c1. The Morgan fingerprint density at radius 1 is 1.16 bits per heavy atom. The molecule has 2 rings (SSSR count). The molecule has 2 N–H and O–H groups in total. The molecule has 0 unspecified atom stereocenters. The molecule has 2 aromatic rings. The van der Waals surface area contributed by atoms with Crippen molar-refractivity contribution in [1.29, 1.82) is 0 Å². The van der Waals surface area contributed by atoms with E-state index in [2.05, 4.69) is 16.9 Å². The van der Waals surface area contributed by atoms with Crippen molar-refractivity contribution in [3.05, 3.63) is 36.0 Å². The van der Waals surface area contributed by atoms with E-state index in [4.69, 9.17) is 10.5 Å². The molecule has 25 heavy (non-hydrogen) atoms. The summed E-state index contributed by atoms with van der Waals surface area (Å²) in [4.78, 5) is 21.9. The summed E-state index contributed by atoms with van der Waals surface area (Å²) in [6.45, 7) is 2.88. The molecule has 0 bridgehead atoms. The van der Waals surface area contributed by atoms with Crippen LogP contribution < -0.4 is 10.5 Å². The van der Waals surface area contributed by atoms with Crippen LogP contribution in [0, 0.1) is 0 Å². The number of ether oxygens (including phenoxy) is 1. The van der Waals surface area contributed by atoms with E-state index in [0.29, 0.717) is 12.3 Å². The lowest BCUT2D eigenvalue weighted by Crippen LogP contribution is -2.23. The summed E-state index contributed by atoms with van der Waals surface area (Å²) in [6.07, 6.45) is 4.65. The van der Waals surface area contributed by atoms with E-state index < -0.39 is 0 Å². The number of nitrogens with zero attached hydrogens (tertiary/aromatic N) is 3. The molecule has 0 aliphatic carbocycles. The molecule has 1 amide bonds. The first-order valence-electron chi connectivity index (χ1n) is 8.60. The number of carbonyl (C=O) groups excluding carboxylic acids is 1. The maximum Gasteiger partial charge on any atom is 0.272 e. The normalized spacial score (nSPS) is 10.5. The molecule has 0 radical (unpaired) electrons. The van der Waals surface area contributed by atoms with E-state index in [1.54, 1.807) is 20.2 Å². The second-order valence-corrected chi connectivity index (χ2v) is 6.13. The third kappa shape index (κ3) is 5.45. The Hall–Kier alpha value is -2.63. The van der Waals surface area contributed by atoms with Gasteiger partial charge in [0.05, 0.1) is 12.3 Å². The molecule has 0 saturated carbocycles. The lowest BCUT2D eigenvalue weighted by Gasteiger charge is -2.11. The van der Waals surface area contributed by atoms with Crippen LogP contribution in [0.3, 0.4) is 0 Å². The molecule has 1 heterocycles. The number of hydrogen-bond donors (Lipinski definition) is 1. The maximum absolute atomic E-state index is 12.1. The number of hydrogen-bond acceptors (Lipinski definition) is 5. The Bertz CT molecular complexity index is 716. The Morgan fingerprint density at radius 2 is 1.96 bits per heavy atom. The Labute approximate surface area is 149 Å². The fourth-order valence-corrected chi connectivity index (χ4v) is 2.42. The molecule has 6 heteroatoms. The quantitative estimate of drug-likeness (QED) is 0.744. The first kappa shape index (κ1) is 18.7. The smallest absolute Gasteiger partial charge is 0.272 e. The number of nitrogens with two attached hydrogens (primary N) is 1. The van der Waals surface area contributed by atoms with Crippen LogP contribution in [0.4, 0.5) is 5.95 Å². The second-order valence-electron chi connectivity index (χ2n) is 6.13. The first-order chi connectivity index (χ1) is 12.0. The minimum absolute atomic E-state index is 0.0774. The highest BCUT2D eigenvalue weighted by molar-refractivity contribution is 5.93.